The van der Waals surface area contributed by atoms with Crippen LogP contribution in [0.1, 0.15) is 10.4 Å². The molecule has 1 atom stereocenters. The zero-order valence-electron chi connectivity index (χ0n) is 11.1. The summed E-state index contributed by atoms with van der Waals surface area (Å²) < 4.78 is 5.94. The molecule has 2 rings (SSSR count). The number of anilines is 1. The molecule has 3 N–H and O–H groups in total. The third kappa shape index (κ3) is 2.94. The predicted octanol–water partition coefficient (Wildman–Crippen LogP) is 0.618. The summed E-state index contributed by atoms with van der Waals surface area (Å²) in [6.45, 7) is 0.989. The highest BCUT2D eigenvalue weighted by atomic mass is 79.9. The SMILES string of the molecule is CNC(=O)C1COCCN1C(=O)c1cc(N)ccc1Br. The second-order valence-corrected chi connectivity index (χ2v) is 5.30. The Labute approximate surface area is 125 Å². The number of hydrogen-bond donors (Lipinski definition) is 2. The van der Waals surface area contributed by atoms with Crippen LogP contribution in [-0.2, 0) is 9.53 Å². The zero-order chi connectivity index (χ0) is 14.7. The highest BCUT2D eigenvalue weighted by Gasteiger charge is 2.33. The van der Waals surface area contributed by atoms with Gasteiger partial charge in [-0.25, -0.2) is 0 Å². The molecule has 20 heavy (non-hydrogen) atoms. The Kier molecular flexibility index (Phi) is 4.61. The van der Waals surface area contributed by atoms with Gasteiger partial charge in [-0.05, 0) is 34.1 Å². The fourth-order valence-corrected chi connectivity index (χ4v) is 2.51. The highest BCUT2D eigenvalue weighted by molar-refractivity contribution is 9.10. The number of amides is 2. The van der Waals surface area contributed by atoms with Crippen molar-refractivity contribution < 1.29 is 14.3 Å². The average Bonchev–Trinajstić information content (AvgIpc) is 2.48. The van der Waals surface area contributed by atoms with Crippen LogP contribution in [-0.4, -0.2) is 49.6 Å². The fourth-order valence-electron chi connectivity index (χ4n) is 2.09. The second-order valence-electron chi connectivity index (χ2n) is 4.44. The molecule has 6 nitrogen and oxygen atoms in total. The van der Waals surface area contributed by atoms with Crippen LogP contribution in [0.15, 0.2) is 22.7 Å². The molecule has 1 heterocycles. The topological polar surface area (TPSA) is 84.7 Å². The molecule has 7 heteroatoms. The van der Waals surface area contributed by atoms with Gasteiger partial charge in [-0.15, -0.1) is 0 Å². The van der Waals surface area contributed by atoms with Crippen LogP contribution >= 0.6 is 15.9 Å². The summed E-state index contributed by atoms with van der Waals surface area (Å²) in [4.78, 5) is 26.0. The molecular formula is C13H16BrN3O3. The lowest BCUT2D eigenvalue weighted by Crippen LogP contribution is -2.55. The van der Waals surface area contributed by atoms with Crippen molar-refractivity contribution in [2.45, 2.75) is 6.04 Å². The number of nitrogens with zero attached hydrogens (tertiary/aromatic N) is 1. The lowest BCUT2D eigenvalue weighted by atomic mass is 10.1. The Hall–Kier alpha value is -1.60. The number of ether oxygens (including phenoxy) is 1. The maximum atomic E-state index is 12.6. The van der Waals surface area contributed by atoms with Crippen molar-refractivity contribution in [3.8, 4) is 0 Å². The summed E-state index contributed by atoms with van der Waals surface area (Å²) in [5.41, 5.74) is 6.67. The van der Waals surface area contributed by atoms with E-state index in [0.29, 0.717) is 28.9 Å². The summed E-state index contributed by atoms with van der Waals surface area (Å²) in [6, 6.07) is 4.41. The number of morpholine rings is 1. The number of rotatable bonds is 2. The molecule has 1 fully saturated rings. The Balaban J connectivity index is 2.30. The monoisotopic (exact) mass is 341 g/mol. The van der Waals surface area contributed by atoms with E-state index in [4.69, 9.17) is 10.5 Å². The Morgan fingerprint density at radius 3 is 2.95 bits per heavy atom. The largest absolute Gasteiger partial charge is 0.399 e. The van der Waals surface area contributed by atoms with E-state index in [-0.39, 0.29) is 18.4 Å². The highest BCUT2D eigenvalue weighted by Crippen LogP contribution is 2.23. The molecule has 1 aromatic rings. The quantitative estimate of drug-likeness (QED) is 0.772. The summed E-state index contributed by atoms with van der Waals surface area (Å²) in [5.74, 6) is -0.473. The smallest absolute Gasteiger partial charge is 0.255 e. The van der Waals surface area contributed by atoms with Gasteiger partial charge < -0.3 is 20.7 Å². The van der Waals surface area contributed by atoms with Crippen molar-refractivity contribution in [3.63, 3.8) is 0 Å². The molecule has 1 aliphatic heterocycles. The molecule has 1 unspecified atom stereocenters. The van der Waals surface area contributed by atoms with E-state index in [1.807, 2.05) is 0 Å². The molecule has 108 valence electrons. The maximum Gasteiger partial charge on any atom is 0.255 e. The third-order valence-corrected chi connectivity index (χ3v) is 3.85. The fraction of sp³-hybridized carbons (Fsp3) is 0.385. The van der Waals surface area contributed by atoms with Gasteiger partial charge in [0.15, 0.2) is 0 Å². The minimum Gasteiger partial charge on any atom is -0.399 e. The summed E-state index contributed by atoms with van der Waals surface area (Å²) in [6.07, 6.45) is 0. The van der Waals surface area contributed by atoms with Crippen molar-refractivity contribution >= 4 is 33.4 Å². The summed E-state index contributed by atoms with van der Waals surface area (Å²) in [7, 11) is 1.54. The molecular weight excluding hydrogens is 326 g/mol. The summed E-state index contributed by atoms with van der Waals surface area (Å²) >= 11 is 3.34. The van der Waals surface area contributed by atoms with Gasteiger partial charge in [0, 0.05) is 23.8 Å². The molecule has 0 saturated carbocycles. The first-order chi connectivity index (χ1) is 9.54. The molecule has 0 aliphatic carbocycles. The van der Waals surface area contributed by atoms with Gasteiger partial charge >= 0.3 is 0 Å². The van der Waals surface area contributed by atoms with Crippen molar-refractivity contribution in [3.05, 3.63) is 28.2 Å². The van der Waals surface area contributed by atoms with Crippen LogP contribution in [0.25, 0.3) is 0 Å². The summed E-state index contributed by atoms with van der Waals surface area (Å²) in [5, 5.41) is 2.55. The number of nitrogen functional groups attached to an aromatic ring is 1. The van der Waals surface area contributed by atoms with Gasteiger partial charge in [0.05, 0.1) is 18.8 Å². The zero-order valence-corrected chi connectivity index (χ0v) is 12.6. The first kappa shape index (κ1) is 14.8. The lowest BCUT2D eigenvalue weighted by Gasteiger charge is -2.34. The van der Waals surface area contributed by atoms with Crippen molar-refractivity contribution in [2.75, 3.05) is 32.5 Å². The van der Waals surface area contributed by atoms with Gasteiger partial charge in [-0.1, -0.05) is 0 Å². The average molecular weight is 342 g/mol. The van der Waals surface area contributed by atoms with E-state index in [0.717, 1.165) is 0 Å². The Morgan fingerprint density at radius 1 is 1.50 bits per heavy atom. The van der Waals surface area contributed by atoms with Crippen molar-refractivity contribution in [1.29, 1.82) is 0 Å². The van der Waals surface area contributed by atoms with Gasteiger partial charge in [0.2, 0.25) is 5.91 Å². The number of likely N-dealkylation sites (N-methyl/N-ethyl adjacent to an activating group) is 1. The number of hydrogen-bond acceptors (Lipinski definition) is 4. The van der Waals surface area contributed by atoms with Crippen molar-refractivity contribution in [1.82, 2.24) is 10.2 Å². The number of benzene rings is 1. The maximum absolute atomic E-state index is 12.6. The Bertz CT molecular complexity index is 536. The number of nitrogens with two attached hydrogens (primary N) is 1. The molecule has 0 radical (unpaired) electrons. The van der Waals surface area contributed by atoms with Crippen LogP contribution in [0.5, 0.6) is 0 Å². The molecule has 0 bridgehead atoms. The van der Waals surface area contributed by atoms with Gasteiger partial charge in [0.25, 0.3) is 5.91 Å². The molecule has 1 aromatic carbocycles. The minimum atomic E-state index is -0.616. The molecule has 2 amide bonds. The Morgan fingerprint density at radius 2 is 2.25 bits per heavy atom. The molecule has 0 aromatic heterocycles. The number of halogens is 1. The molecule has 0 spiro atoms. The molecule has 1 aliphatic rings. The normalized spacial score (nSPS) is 18.7. The van der Waals surface area contributed by atoms with Crippen LogP contribution in [0.2, 0.25) is 0 Å². The number of carbonyl (C=O) groups excluding carboxylic acids is 2. The van der Waals surface area contributed by atoms with Crippen LogP contribution < -0.4 is 11.1 Å². The minimum absolute atomic E-state index is 0.200. The van der Waals surface area contributed by atoms with Crippen molar-refractivity contribution in [2.24, 2.45) is 0 Å². The van der Waals surface area contributed by atoms with E-state index < -0.39 is 6.04 Å². The van der Waals surface area contributed by atoms with Crippen LogP contribution in [0, 0.1) is 0 Å². The first-order valence-corrected chi connectivity index (χ1v) is 6.99. The van der Waals surface area contributed by atoms with Gasteiger partial charge in [-0.3, -0.25) is 9.59 Å². The molecule has 1 saturated heterocycles. The number of nitrogens with one attached hydrogen (secondary N) is 1. The van der Waals surface area contributed by atoms with Gasteiger partial charge in [0.1, 0.15) is 6.04 Å². The predicted molar refractivity (Wildman–Crippen MR) is 78.3 cm³/mol. The van der Waals surface area contributed by atoms with E-state index in [1.165, 1.54) is 11.9 Å². The van der Waals surface area contributed by atoms with Crippen LogP contribution in [0.4, 0.5) is 5.69 Å². The second kappa shape index (κ2) is 6.23. The van der Waals surface area contributed by atoms with E-state index in [2.05, 4.69) is 21.2 Å². The lowest BCUT2D eigenvalue weighted by molar-refractivity contribution is -0.130. The third-order valence-electron chi connectivity index (χ3n) is 3.16. The van der Waals surface area contributed by atoms with E-state index in [1.54, 1.807) is 18.2 Å². The van der Waals surface area contributed by atoms with Gasteiger partial charge in [-0.2, -0.15) is 0 Å². The standard InChI is InChI=1S/C13H16BrN3O3/c1-16-12(18)11-7-20-5-4-17(11)13(19)9-6-8(15)2-3-10(9)14/h2-3,6,11H,4-5,7,15H2,1H3,(H,16,18). The number of carbonyl (C=O) groups is 2. The van der Waals surface area contributed by atoms with E-state index in [9.17, 15) is 9.59 Å². The van der Waals surface area contributed by atoms with E-state index >= 15 is 0 Å². The first-order valence-electron chi connectivity index (χ1n) is 6.20. The van der Waals surface area contributed by atoms with Crippen LogP contribution in [0.3, 0.4) is 0 Å².